The van der Waals surface area contributed by atoms with Crippen LogP contribution in [0.4, 0.5) is 5.13 Å². The Balaban J connectivity index is 1.62. The monoisotopic (exact) mass is 371 g/mol. The Kier molecular flexibility index (Phi) is 5.18. The quantitative estimate of drug-likeness (QED) is 0.829. The summed E-state index contributed by atoms with van der Waals surface area (Å²) in [7, 11) is -3.65. The Morgan fingerprint density at radius 2 is 1.87 bits per heavy atom. The van der Waals surface area contributed by atoms with E-state index in [2.05, 4.69) is 14.9 Å². The van der Waals surface area contributed by atoms with Gasteiger partial charge in [0.25, 0.3) is 10.0 Å². The van der Waals surface area contributed by atoms with E-state index in [0.717, 1.165) is 23.8 Å². The summed E-state index contributed by atoms with van der Waals surface area (Å²) in [5.74, 6) is 0.785. The van der Waals surface area contributed by atoms with Gasteiger partial charge in [-0.1, -0.05) is 48.6 Å². The van der Waals surface area contributed by atoms with Gasteiger partial charge in [0.1, 0.15) is 5.01 Å². The summed E-state index contributed by atoms with van der Waals surface area (Å²) in [6.45, 7) is 0. The largest absolute Gasteiger partial charge is 0.263 e. The highest BCUT2D eigenvalue weighted by molar-refractivity contribution is 7.93. The second-order valence-electron chi connectivity index (χ2n) is 5.75. The van der Waals surface area contributed by atoms with Gasteiger partial charge in [-0.15, -0.1) is 10.2 Å². The van der Waals surface area contributed by atoms with E-state index in [0.29, 0.717) is 10.2 Å². The molecule has 0 spiro atoms. The highest BCUT2D eigenvalue weighted by atomic mass is 35.5. The zero-order valence-electron chi connectivity index (χ0n) is 12.5. The Morgan fingerprint density at radius 3 is 2.57 bits per heavy atom. The second kappa shape index (κ2) is 7.15. The topological polar surface area (TPSA) is 72.0 Å². The van der Waals surface area contributed by atoms with Crippen molar-refractivity contribution in [2.24, 2.45) is 5.92 Å². The first-order chi connectivity index (χ1) is 11.0. The zero-order valence-corrected chi connectivity index (χ0v) is 14.9. The van der Waals surface area contributed by atoms with Gasteiger partial charge >= 0.3 is 0 Å². The lowest BCUT2D eigenvalue weighted by atomic mass is 10.0. The van der Waals surface area contributed by atoms with Crippen LogP contribution in [0.1, 0.15) is 37.1 Å². The molecule has 0 radical (unpaired) electrons. The summed E-state index contributed by atoms with van der Waals surface area (Å²) in [5.41, 5.74) is 0. The van der Waals surface area contributed by atoms with Gasteiger partial charge in [0.2, 0.25) is 5.13 Å². The van der Waals surface area contributed by atoms with Crippen LogP contribution in [-0.2, 0) is 16.4 Å². The van der Waals surface area contributed by atoms with E-state index in [1.807, 2.05) is 0 Å². The van der Waals surface area contributed by atoms with Crippen LogP contribution in [0.25, 0.3) is 0 Å². The maximum absolute atomic E-state index is 12.3. The Bertz CT molecular complexity index is 753. The normalized spacial score (nSPS) is 15.9. The minimum Gasteiger partial charge on any atom is -0.253 e. The average Bonchev–Trinajstić information content (AvgIpc) is 3.16. The molecule has 2 aromatic rings. The van der Waals surface area contributed by atoms with Crippen LogP contribution in [0.5, 0.6) is 0 Å². The summed E-state index contributed by atoms with van der Waals surface area (Å²) in [6, 6.07) is 6.02. The third-order valence-electron chi connectivity index (χ3n) is 4.05. The molecule has 1 aliphatic carbocycles. The number of rotatable bonds is 6. The van der Waals surface area contributed by atoms with Crippen molar-refractivity contribution in [3.05, 3.63) is 34.3 Å². The molecule has 0 amide bonds. The minimum atomic E-state index is -3.65. The van der Waals surface area contributed by atoms with Crippen molar-refractivity contribution in [2.75, 3.05) is 4.72 Å². The molecule has 5 nitrogen and oxygen atoms in total. The number of benzene rings is 1. The molecule has 0 unspecified atom stereocenters. The standard InChI is InChI=1S/C15H18ClN3O2S2/c16-12-6-8-13(9-7-12)23(20,21)19-15-18-17-14(22-15)10-5-11-3-1-2-4-11/h6-9,11H,1-5,10H2,(H,18,19). The van der Waals surface area contributed by atoms with Crippen molar-refractivity contribution >= 4 is 38.1 Å². The number of sulfonamides is 1. The van der Waals surface area contributed by atoms with Gasteiger partial charge < -0.3 is 0 Å². The van der Waals surface area contributed by atoms with Crippen LogP contribution < -0.4 is 4.72 Å². The fourth-order valence-corrected chi connectivity index (χ4v) is 4.92. The van der Waals surface area contributed by atoms with E-state index < -0.39 is 10.0 Å². The second-order valence-corrected chi connectivity index (χ2v) is 8.93. The molecule has 0 saturated heterocycles. The van der Waals surface area contributed by atoms with Gasteiger partial charge in [0, 0.05) is 11.4 Å². The van der Waals surface area contributed by atoms with E-state index in [4.69, 9.17) is 11.6 Å². The number of aryl methyl sites for hydroxylation is 1. The number of halogens is 1. The molecule has 1 aromatic carbocycles. The first kappa shape index (κ1) is 16.7. The Labute approximate surface area is 145 Å². The van der Waals surface area contributed by atoms with Crippen LogP contribution in [0.3, 0.4) is 0 Å². The van der Waals surface area contributed by atoms with E-state index in [1.165, 1.54) is 49.2 Å². The summed E-state index contributed by atoms with van der Waals surface area (Å²) in [5, 5.41) is 9.71. The van der Waals surface area contributed by atoms with Gasteiger partial charge in [0.05, 0.1) is 4.90 Å². The van der Waals surface area contributed by atoms with Gasteiger partial charge in [-0.3, -0.25) is 4.72 Å². The van der Waals surface area contributed by atoms with Crippen molar-refractivity contribution < 1.29 is 8.42 Å². The maximum Gasteiger partial charge on any atom is 0.263 e. The van der Waals surface area contributed by atoms with Gasteiger partial charge in [-0.05, 0) is 36.6 Å². The van der Waals surface area contributed by atoms with Gasteiger partial charge in [-0.2, -0.15) is 0 Å². The van der Waals surface area contributed by atoms with Crippen molar-refractivity contribution in [2.45, 2.75) is 43.4 Å². The van der Waals surface area contributed by atoms with Crippen molar-refractivity contribution in [3.63, 3.8) is 0 Å². The van der Waals surface area contributed by atoms with Crippen LogP contribution in [0.2, 0.25) is 5.02 Å². The predicted octanol–water partition coefficient (Wildman–Crippen LogP) is 4.12. The molecule has 3 rings (SSSR count). The number of anilines is 1. The van der Waals surface area contributed by atoms with E-state index in [9.17, 15) is 8.42 Å². The van der Waals surface area contributed by atoms with Crippen LogP contribution in [-0.4, -0.2) is 18.6 Å². The molecule has 1 heterocycles. The van der Waals surface area contributed by atoms with Gasteiger partial charge in [-0.25, -0.2) is 8.42 Å². The van der Waals surface area contributed by atoms with Crippen LogP contribution in [0, 0.1) is 5.92 Å². The molecule has 0 atom stereocenters. The summed E-state index contributed by atoms with van der Waals surface area (Å²) in [4.78, 5) is 0.157. The number of hydrogen-bond donors (Lipinski definition) is 1. The molecule has 124 valence electrons. The van der Waals surface area contributed by atoms with Gasteiger partial charge in [0.15, 0.2) is 0 Å². The first-order valence-corrected chi connectivity index (χ1v) is 10.3. The van der Waals surface area contributed by atoms with Crippen molar-refractivity contribution in [1.29, 1.82) is 0 Å². The fraction of sp³-hybridized carbons (Fsp3) is 0.467. The Morgan fingerprint density at radius 1 is 1.17 bits per heavy atom. The van der Waals surface area contributed by atoms with E-state index >= 15 is 0 Å². The molecule has 1 aliphatic rings. The maximum atomic E-state index is 12.3. The van der Waals surface area contributed by atoms with E-state index in [1.54, 1.807) is 12.1 Å². The van der Waals surface area contributed by atoms with Crippen LogP contribution >= 0.6 is 22.9 Å². The number of nitrogens with zero attached hydrogens (tertiary/aromatic N) is 2. The molecule has 1 N–H and O–H groups in total. The average molecular weight is 372 g/mol. The zero-order chi connectivity index (χ0) is 16.3. The lowest BCUT2D eigenvalue weighted by Crippen LogP contribution is -2.12. The van der Waals surface area contributed by atoms with Crippen molar-refractivity contribution in [3.8, 4) is 0 Å². The molecule has 1 fully saturated rings. The third kappa shape index (κ3) is 4.43. The van der Waals surface area contributed by atoms with Crippen molar-refractivity contribution in [1.82, 2.24) is 10.2 Å². The molecule has 0 aliphatic heterocycles. The molecular weight excluding hydrogens is 354 g/mol. The summed E-state index contributed by atoms with van der Waals surface area (Å²) >= 11 is 7.08. The Hall–Kier alpha value is -1.18. The molecular formula is C15H18ClN3O2S2. The molecule has 8 heteroatoms. The first-order valence-electron chi connectivity index (χ1n) is 7.64. The number of aromatic nitrogens is 2. The van der Waals surface area contributed by atoms with Crippen LogP contribution in [0.15, 0.2) is 29.2 Å². The SMILES string of the molecule is O=S(=O)(Nc1nnc(CCC2CCCC2)s1)c1ccc(Cl)cc1. The van der Waals surface area contributed by atoms with E-state index in [-0.39, 0.29) is 4.90 Å². The smallest absolute Gasteiger partial charge is 0.253 e. The molecule has 1 saturated carbocycles. The number of nitrogens with one attached hydrogen (secondary N) is 1. The highest BCUT2D eigenvalue weighted by Gasteiger charge is 2.18. The summed E-state index contributed by atoms with van der Waals surface area (Å²) in [6.07, 6.45) is 7.23. The summed E-state index contributed by atoms with van der Waals surface area (Å²) < 4.78 is 27.0. The number of hydrogen-bond acceptors (Lipinski definition) is 5. The minimum absolute atomic E-state index is 0.157. The molecule has 0 bridgehead atoms. The lowest BCUT2D eigenvalue weighted by Gasteiger charge is -2.05. The fourth-order valence-electron chi connectivity index (χ4n) is 2.81. The predicted molar refractivity (Wildman–Crippen MR) is 92.4 cm³/mol. The molecule has 1 aromatic heterocycles. The highest BCUT2D eigenvalue weighted by Crippen LogP contribution is 2.29. The molecule has 23 heavy (non-hydrogen) atoms. The third-order valence-corrected chi connectivity index (χ3v) is 6.69. The lowest BCUT2D eigenvalue weighted by molar-refractivity contribution is 0.502.